The molecule has 0 spiro atoms. The molecule has 0 aromatic heterocycles. The first-order valence-electron chi connectivity index (χ1n) is 6.91. The summed E-state index contributed by atoms with van der Waals surface area (Å²) in [7, 11) is 1.67. The zero-order chi connectivity index (χ0) is 14.4. The van der Waals surface area contributed by atoms with Gasteiger partial charge in [-0.15, -0.1) is 0 Å². The number of morpholine rings is 1. The van der Waals surface area contributed by atoms with Crippen molar-refractivity contribution in [3.63, 3.8) is 0 Å². The zero-order valence-electron chi connectivity index (χ0n) is 12.1. The normalized spacial score (nSPS) is 18.9. The molecule has 1 unspecified atom stereocenters. The molecule has 0 bridgehead atoms. The summed E-state index contributed by atoms with van der Waals surface area (Å²) in [6.07, 6.45) is 0.107. The van der Waals surface area contributed by atoms with E-state index in [2.05, 4.69) is 5.32 Å². The Kier molecular flexibility index (Phi) is 5.38. The minimum atomic E-state index is -0.0348. The van der Waals surface area contributed by atoms with Gasteiger partial charge in [-0.25, -0.2) is 4.79 Å². The Balaban J connectivity index is 1.89. The van der Waals surface area contributed by atoms with Crippen LogP contribution in [0.25, 0.3) is 0 Å². The van der Waals surface area contributed by atoms with Crippen LogP contribution in [0.2, 0.25) is 0 Å². The number of hydrogen-bond acceptors (Lipinski definition) is 3. The zero-order valence-corrected chi connectivity index (χ0v) is 12.1. The molecular weight excluding hydrogens is 256 g/mol. The van der Waals surface area contributed by atoms with Crippen LogP contribution in [0.3, 0.4) is 0 Å². The summed E-state index contributed by atoms with van der Waals surface area (Å²) in [6.45, 7) is 4.95. The van der Waals surface area contributed by atoms with Gasteiger partial charge in [-0.05, 0) is 18.1 Å². The number of carbonyl (C=O) groups excluding carboxylic acids is 1. The average Bonchev–Trinajstić information content (AvgIpc) is 2.46. The molecule has 0 radical (unpaired) electrons. The number of ether oxygens (including phenoxy) is 2. The van der Waals surface area contributed by atoms with Gasteiger partial charge in [-0.2, -0.15) is 0 Å². The third kappa shape index (κ3) is 3.95. The number of rotatable bonds is 4. The highest BCUT2D eigenvalue weighted by molar-refractivity contribution is 5.74. The van der Waals surface area contributed by atoms with Crippen molar-refractivity contribution in [1.82, 2.24) is 10.2 Å². The van der Waals surface area contributed by atoms with Gasteiger partial charge in [0.2, 0.25) is 0 Å². The van der Waals surface area contributed by atoms with E-state index in [4.69, 9.17) is 9.47 Å². The van der Waals surface area contributed by atoms with Crippen LogP contribution in [0.5, 0.6) is 0 Å². The van der Waals surface area contributed by atoms with Gasteiger partial charge in [0, 0.05) is 26.7 Å². The highest BCUT2D eigenvalue weighted by Crippen LogP contribution is 2.10. The van der Waals surface area contributed by atoms with Crippen LogP contribution in [0.4, 0.5) is 4.79 Å². The second-order valence-electron chi connectivity index (χ2n) is 4.99. The summed E-state index contributed by atoms with van der Waals surface area (Å²) in [5, 5.41) is 2.96. The number of hydrogen-bond donors (Lipinski definition) is 1. The van der Waals surface area contributed by atoms with Crippen LogP contribution in [-0.4, -0.2) is 43.8 Å². The van der Waals surface area contributed by atoms with Crippen molar-refractivity contribution < 1.29 is 14.3 Å². The Labute approximate surface area is 119 Å². The van der Waals surface area contributed by atoms with Crippen molar-refractivity contribution in [3.8, 4) is 0 Å². The molecule has 5 heteroatoms. The van der Waals surface area contributed by atoms with E-state index in [9.17, 15) is 4.79 Å². The summed E-state index contributed by atoms with van der Waals surface area (Å²) in [5.74, 6) is 0. The quantitative estimate of drug-likeness (QED) is 0.913. The van der Waals surface area contributed by atoms with Crippen LogP contribution >= 0.6 is 0 Å². The second-order valence-corrected chi connectivity index (χ2v) is 4.99. The SMILES string of the molecule is COCc1ccccc1CNC(=O)N1CCOC(C)C1. The monoisotopic (exact) mass is 278 g/mol. The average molecular weight is 278 g/mol. The van der Waals surface area contributed by atoms with Crippen LogP contribution in [-0.2, 0) is 22.6 Å². The highest BCUT2D eigenvalue weighted by Gasteiger charge is 2.21. The van der Waals surface area contributed by atoms with Gasteiger partial charge in [-0.3, -0.25) is 0 Å². The first-order valence-corrected chi connectivity index (χ1v) is 6.91. The molecule has 110 valence electrons. The number of urea groups is 1. The molecule has 1 aromatic carbocycles. The molecule has 2 amide bonds. The van der Waals surface area contributed by atoms with Gasteiger partial charge < -0.3 is 19.7 Å². The third-order valence-corrected chi connectivity index (χ3v) is 3.38. The molecule has 5 nitrogen and oxygen atoms in total. The highest BCUT2D eigenvalue weighted by atomic mass is 16.5. The van der Waals surface area contributed by atoms with E-state index in [1.165, 1.54) is 0 Å². The van der Waals surface area contributed by atoms with E-state index in [1.54, 1.807) is 12.0 Å². The van der Waals surface area contributed by atoms with E-state index >= 15 is 0 Å². The number of nitrogens with one attached hydrogen (secondary N) is 1. The largest absolute Gasteiger partial charge is 0.380 e. The minimum absolute atomic E-state index is 0.0348. The minimum Gasteiger partial charge on any atom is -0.380 e. The molecule has 20 heavy (non-hydrogen) atoms. The Hall–Kier alpha value is -1.59. The lowest BCUT2D eigenvalue weighted by atomic mass is 10.1. The fourth-order valence-electron chi connectivity index (χ4n) is 2.31. The topological polar surface area (TPSA) is 50.8 Å². The maximum atomic E-state index is 12.1. The Bertz CT molecular complexity index is 450. The third-order valence-electron chi connectivity index (χ3n) is 3.38. The molecule has 1 aliphatic heterocycles. The molecule has 2 rings (SSSR count). The molecule has 0 aliphatic carbocycles. The number of amides is 2. The van der Waals surface area contributed by atoms with Gasteiger partial charge in [0.25, 0.3) is 0 Å². The van der Waals surface area contributed by atoms with E-state index in [0.717, 1.165) is 11.1 Å². The lowest BCUT2D eigenvalue weighted by molar-refractivity contribution is -0.00352. The molecule has 1 fully saturated rings. The Morgan fingerprint density at radius 2 is 2.20 bits per heavy atom. The van der Waals surface area contributed by atoms with Crippen molar-refractivity contribution in [2.24, 2.45) is 0 Å². The van der Waals surface area contributed by atoms with Crippen LogP contribution in [0.1, 0.15) is 18.1 Å². The lowest BCUT2D eigenvalue weighted by Gasteiger charge is -2.31. The van der Waals surface area contributed by atoms with Crippen LogP contribution in [0.15, 0.2) is 24.3 Å². The molecule has 1 N–H and O–H groups in total. The van der Waals surface area contributed by atoms with Gasteiger partial charge in [0.1, 0.15) is 0 Å². The first kappa shape index (κ1) is 14.8. The maximum absolute atomic E-state index is 12.1. The summed E-state index contributed by atoms with van der Waals surface area (Å²) >= 11 is 0. The maximum Gasteiger partial charge on any atom is 0.317 e. The van der Waals surface area contributed by atoms with Gasteiger partial charge in [-0.1, -0.05) is 24.3 Å². The molecule has 1 saturated heterocycles. The Morgan fingerprint density at radius 3 is 2.90 bits per heavy atom. The van der Waals surface area contributed by atoms with E-state index < -0.39 is 0 Å². The molecule has 1 heterocycles. The van der Waals surface area contributed by atoms with Gasteiger partial charge in [0.05, 0.1) is 19.3 Å². The summed E-state index contributed by atoms with van der Waals surface area (Å²) in [5.41, 5.74) is 2.19. The van der Waals surface area contributed by atoms with E-state index in [-0.39, 0.29) is 12.1 Å². The van der Waals surface area contributed by atoms with Crippen molar-refractivity contribution in [3.05, 3.63) is 35.4 Å². The lowest BCUT2D eigenvalue weighted by Crippen LogP contribution is -2.48. The smallest absolute Gasteiger partial charge is 0.317 e. The molecule has 1 aromatic rings. The van der Waals surface area contributed by atoms with Gasteiger partial charge in [0.15, 0.2) is 0 Å². The number of methoxy groups -OCH3 is 1. The predicted octanol–water partition coefficient (Wildman–Crippen LogP) is 1.76. The number of carbonyl (C=O) groups is 1. The standard InChI is InChI=1S/C15H22N2O3/c1-12-10-17(7-8-20-12)15(18)16-9-13-5-3-4-6-14(13)11-19-2/h3-6,12H,7-11H2,1-2H3,(H,16,18). The van der Waals surface area contributed by atoms with Crippen molar-refractivity contribution in [1.29, 1.82) is 0 Å². The summed E-state index contributed by atoms with van der Waals surface area (Å²) in [4.78, 5) is 13.9. The van der Waals surface area contributed by atoms with E-state index in [0.29, 0.717) is 32.8 Å². The Morgan fingerprint density at radius 1 is 1.45 bits per heavy atom. The molecule has 1 aliphatic rings. The summed E-state index contributed by atoms with van der Waals surface area (Å²) < 4.78 is 10.6. The van der Waals surface area contributed by atoms with Gasteiger partial charge >= 0.3 is 6.03 Å². The second kappa shape index (κ2) is 7.26. The van der Waals surface area contributed by atoms with Crippen molar-refractivity contribution in [2.45, 2.75) is 26.2 Å². The molecular formula is C15H22N2O3. The van der Waals surface area contributed by atoms with Crippen LogP contribution < -0.4 is 5.32 Å². The van der Waals surface area contributed by atoms with E-state index in [1.807, 2.05) is 31.2 Å². The van der Waals surface area contributed by atoms with Crippen molar-refractivity contribution in [2.75, 3.05) is 26.8 Å². The first-order chi connectivity index (χ1) is 9.70. The fraction of sp³-hybridized carbons (Fsp3) is 0.533. The molecule has 1 atom stereocenters. The number of benzene rings is 1. The fourth-order valence-corrected chi connectivity index (χ4v) is 2.31. The van der Waals surface area contributed by atoms with Crippen LogP contribution in [0, 0.1) is 0 Å². The summed E-state index contributed by atoms with van der Waals surface area (Å²) in [6, 6.07) is 7.94. The predicted molar refractivity (Wildman–Crippen MR) is 76.4 cm³/mol. The molecule has 0 saturated carbocycles. The van der Waals surface area contributed by atoms with Crippen molar-refractivity contribution >= 4 is 6.03 Å². The number of nitrogens with zero attached hydrogens (tertiary/aromatic N) is 1.